The average molecular weight is 181 g/mol. The minimum absolute atomic E-state index is 0.121. The Kier molecular flexibility index (Phi) is 2.33. The molecular formula is C8H7NO4. The zero-order valence-electron chi connectivity index (χ0n) is 6.69. The van der Waals surface area contributed by atoms with E-state index in [0.717, 1.165) is 0 Å². The molecule has 0 aliphatic carbocycles. The molecule has 0 aromatic carbocycles. The van der Waals surface area contributed by atoms with E-state index < -0.39 is 23.8 Å². The number of aliphatic carboxylic acids is 1. The van der Waals surface area contributed by atoms with Crippen molar-refractivity contribution in [2.24, 2.45) is 0 Å². The molecule has 0 saturated carbocycles. The van der Waals surface area contributed by atoms with Crippen LogP contribution in [0.25, 0.3) is 0 Å². The smallest absolute Gasteiger partial charge is 0.311 e. The predicted octanol–water partition coefficient (Wildman–Crippen LogP) is 0.227. The molecule has 1 rings (SSSR count). The monoisotopic (exact) mass is 181 g/mol. The standard InChI is InChI=1S/C8H7NO4/c9-5-8(2-1-3-13-8)6(10)4-7(11)12/h1,3H,2,4H2,(H,11,12). The SMILES string of the molecule is N#CC1(C(=O)CC(=O)O)CC=CO1. The van der Waals surface area contributed by atoms with Gasteiger partial charge in [-0.25, -0.2) is 0 Å². The summed E-state index contributed by atoms with van der Waals surface area (Å²) in [5.41, 5.74) is -1.60. The fourth-order valence-corrected chi connectivity index (χ4v) is 1.02. The fraction of sp³-hybridized carbons (Fsp3) is 0.375. The summed E-state index contributed by atoms with van der Waals surface area (Å²) in [6, 6.07) is 1.68. The van der Waals surface area contributed by atoms with E-state index in [1.54, 1.807) is 6.07 Å². The van der Waals surface area contributed by atoms with E-state index in [4.69, 9.17) is 15.1 Å². The van der Waals surface area contributed by atoms with Gasteiger partial charge in [-0.2, -0.15) is 5.26 Å². The second-order valence-electron chi connectivity index (χ2n) is 2.63. The van der Waals surface area contributed by atoms with Gasteiger partial charge in [0.15, 0.2) is 0 Å². The van der Waals surface area contributed by atoms with E-state index in [1.165, 1.54) is 12.3 Å². The maximum Gasteiger partial charge on any atom is 0.311 e. The summed E-state index contributed by atoms with van der Waals surface area (Å²) in [5, 5.41) is 17.0. The van der Waals surface area contributed by atoms with Gasteiger partial charge < -0.3 is 9.84 Å². The number of carbonyl (C=O) groups excluding carboxylic acids is 1. The number of carboxylic acids is 1. The first-order valence-corrected chi connectivity index (χ1v) is 3.60. The van der Waals surface area contributed by atoms with Crippen LogP contribution < -0.4 is 0 Å². The van der Waals surface area contributed by atoms with Crippen molar-refractivity contribution in [3.05, 3.63) is 12.3 Å². The Balaban J connectivity index is 2.74. The number of nitrogens with zero attached hydrogens (tertiary/aromatic N) is 1. The van der Waals surface area contributed by atoms with E-state index in [2.05, 4.69) is 0 Å². The molecule has 1 N–H and O–H groups in total. The van der Waals surface area contributed by atoms with Gasteiger partial charge in [0.25, 0.3) is 5.60 Å². The van der Waals surface area contributed by atoms with Gasteiger partial charge in [0.2, 0.25) is 5.78 Å². The van der Waals surface area contributed by atoms with E-state index >= 15 is 0 Å². The largest absolute Gasteiger partial charge is 0.481 e. The van der Waals surface area contributed by atoms with Crippen molar-refractivity contribution in [2.45, 2.75) is 18.4 Å². The molecule has 0 saturated heterocycles. The molecule has 0 amide bonds. The fourth-order valence-electron chi connectivity index (χ4n) is 1.02. The normalized spacial score (nSPS) is 24.8. The summed E-state index contributed by atoms with van der Waals surface area (Å²) < 4.78 is 4.80. The van der Waals surface area contributed by atoms with Crippen molar-refractivity contribution < 1.29 is 19.4 Å². The van der Waals surface area contributed by atoms with Crippen LogP contribution in [0.5, 0.6) is 0 Å². The summed E-state index contributed by atoms with van der Waals surface area (Å²) in [5.74, 6) is -1.97. The summed E-state index contributed by atoms with van der Waals surface area (Å²) in [6.45, 7) is 0. The lowest BCUT2D eigenvalue weighted by Crippen LogP contribution is -2.37. The van der Waals surface area contributed by atoms with Gasteiger partial charge in [-0.15, -0.1) is 0 Å². The Morgan fingerprint density at radius 2 is 2.38 bits per heavy atom. The molecule has 13 heavy (non-hydrogen) atoms. The van der Waals surface area contributed by atoms with E-state index in [-0.39, 0.29) is 6.42 Å². The number of ketones is 1. The van der Waals surface area contributed by atoms with Gasteiger partial charge in [0, 0.05) is 6.42 Å². The lowest BCUT2D eigenvalue weighted by molar-refractivity contribution is -0.144. The predicted molar refractivity (Wildman–Crippen MR) is 40.4 cm³/mol. The van der Waals surface area contributed by atoms with Crippen LogP contribution in [0.4, 0.5) is 0 Å². The Hall–Kier alpha value is -1.83. The minimum atomic E-state index is -1.60. The number of carbonyl (C=O) groups is 2. The van der Waals surface area contributed by atoms with Crippen LogP contribution in [0.3, 0.4) is 0 Å². The summed E-state index contributed by atoms with van der Waals surface area (Å²) in [4.78, 5) is 21.5. The third kappa shape index (κ3) is 1.67. The van der Waals surface area contributed by atoms with Gasteiger partial charge in [0.05, 0.1) is 6.26 Å². The van der Waals surface area contributed by atoms with Crippen LogP contribution in [-0.4, -0.2) is 22.5 Å². The maximum atomic E-state index is 11.2. The van der Waals surface area contributed by atoms with Crippen molar-refractivity contribution in [3.63, 3.8) is 0 Å². The van der Waals surface area contributed by atoms with Crippen molar-refractivity contribution in [1.29, 1.82) is 5.26 Å². The lowest BCUT2D eigenvalue weighted by Gasteiger charge is -2.17. The zero-order chi connectivity index (χ0) is 9.90. The minimum Gasteiger partial charge on any atom is -0.481 e. The van der Waals surface area contributed by atoms with E-state index in [0.29, 0.717) is 0 Å². The van der Waals surface area contributed by atoms with Crippen molar-refractivity contribution in [2.75, 3.05) is 0 Å². The van der Waals surface area contributed by atoms with E-state index in [9.17, 15) is 9.59 Å². The number of Topliss-reactive ketones (excluding diaryl/α,β-unsaturated/α-hetero) is 1. The quantitative estimate of drug-likeness (QED) is 0.629. The summed E-state index contributed by atoms with van der Waals surface area (Å²) in [7, 11) is 0. The molecule has 1 heterocycles. The topological polar surface area (TPSA) is 87.4 Å². The zero-order valence-corrected chi connectivity index (χ0v) is 6.69. The Bertz CT molecular complexity index is 305. The molecule has 1 aliphatic heterocycles. The molecule has 0 radical (unpaired) electrons. The first-order chi connectivity index (χ1) is 6.10. The molecule has 1 unspecified atom stereocenters. The van der Waals surface area contributed by atoms with Crippen LogP contribution in [-0.2, 0) is 14.3 Å². The molecule has 0 aromatic rings. The van der Waals surface area contributed by atoms with Crippen LogP contribution in [0.15, 0.2) is 12.3 Å². The molecule has 0 bridgehead atoms. The summed E-state index contributed by atoms with van der Waals surface area (Å²) in [6.07, 6.45) is 2.19. The molecule has 5 heteroatoms. The molecule has 0 spiro atoms. The first-order valence-electron chi connectivity index (χ1n) is 3.60. The lowest BCUT2D eigenvalue weighted by atomic mass is 9.95. The molecule has 5 nitrogen and oxygen atoms in total. The number of hydrogen-bond acceptors (Lipinski definition) is 4. The van der Waals surface area contributed by atoms with Crippen molar-refractivity contribution >= 4 is 11.8 Å². The van der Waals surface area contributed by atoms with Gasteiger partial charge in [-0.05, 0) is 6.08 Å². The number of hydrogen-bond donors (Lipinski definition) is 1. The Morgan fingerprint density at radius 1 is 1.69 bits per heavy atom. The highest BCUT2D eigenvalue weighted by molar-refractivity contribution is 6.01. The van der Waals surface area contributed by atoms with Crippen LogP contribution >= 0.6 is 0 Å². The highest BCUT2D eigenvalue weighted by atomic mass is 16.5. The third-order valence-electron chi connectivity index (χ3n) is 1.71. The molecule has 1 atom stereocenters. The third-order valence-corrected chi connectivity index (χ3v) is 1.71. The number of nitriles is 1. The first kappa shape index (κ1) is 9.26. The number of ether oxygens (including phenoxy) is 1. The summed E-state index contributed by atoms with van der Waals surface area (Å²) >= 11 is 0. The Morgan fingerprint density at radius 3 is 2.77 bits per heavy atom. The van der Waals surface area contributed by atoms with Gasteiger partial charge in [-0.3, -0.25) is 9.59 Å². The molecule has 68 valence electrons. The second-order valence-corrected chi connectivity index (χ2v) is 2.63. The molecular weight excluding hydrogens is 174 g/mol. The van der Waals surface area contributed by atoms with Gasteiger partial charge >= 0.3 is 5.97 Å². The van der Waals surface area contributed by atoms with Gasteiger partial charge in [-0.1, -0.05) is 0 Å². The van der Waals surface area contributed by atoms with Crippen LogP contribution in [0.1, 0.15) is 12.8 Å². The Labute approximate surface area is 74.2 Å². The van der Waals surface area contributed by atoms with Gasteiger partial charge in [0.1, 0.15) is 12.5 Å². The highest BCUT2D eigenvalue weighted by Gasteiger charge is 2.42. The maximum absolute atomic E-state index is 11.2. The average Bonchev–Trinajstić information content (AvgIpc) is 2.51. The van der Waals surface area contributed by atoms with Crippen LogP contribution in [0.2, 0.25) is 0 Å². The van der Waals surface area contributed by atoms with E-state index in [1.807, 2.05) is 0 Å². The van der Waals surface area contributed by atoms with Crippen molar-refractivity contribution in [1.82, 2.24) is 0 Å². The molecule has 1 aliphatic rings. The van der Waals surface area contributed by atoms with Crippen molar-refractivity contribution in [3.8, 4) is 6.07 Å². The molecule has 0 fully saturated rings. The van der Waals surface area contributed by atoms with Crippen LogP contribution in [0, 0.1) is 11.3 Å². The second kappa shape index (κ2) is 3.27. The number of rotatable bonds is 3. The molecule has 0 aromatic heterocycles. The highest BCUT2D eigenvalue weighted by Crippen LogP contribution is 2.24. The number of carboxylic acid groups (broad SMARTS) is 1.